The molecule has 0 bridgehead atoms. The second-order valence-electron chi connectivity index (χ2n) is 27.3. The molecular formula is C67H121AcN2O29-. The first-order chi connectivity index (χ1) is 47.1. The van der Waals surface area contributed by atoms with Crippen LogP contribution < -0.4 is 5.32 Å². The van der Waals surface area contributed by atoms with Crippen LogP contribution in [0.15, 0.2) is 12.2 Å². The Labute approximate surface area is 617 Å². The molecule has 6 saturated heterocycles. The van der Waals surface area contributed by atoms with Crippen LogP contribution in [0.5, 0.6) is 0 Å². The number of aliphatic hydroxyl groups is 16. The van der Waals surface area contributed by atoms with Crippen LogP contribution in [-0.2, 0) is 61.6 Å². The molecule has 32 heteroatoms. The zero-order chi connectivity index (χ0) is 71.4. The Balaban J connectivity index is 0.0000177. The number of unbranched alkanes of at least 4 members (excludes halogenated alkanes) is 21. The summed E-state index contributed by atoms with van der Waals surface area (Å²) in [5, 5.41) is 177. The van der Waals surface area contributed by atoms with Gasteiger partial charge in [0.2, 0.25) is 5.91 Å². The van der Waals surface area contributed by atoms with Gasteiger partial charge >= 0.3 is 0 Å². The maximum Gasteiger partial charge on any atom is 0.220 e. The summed E-state index contributed by atoms with van der Waals surface area (Å²) < 4.78 is 70.1. The van der Waals surface area contributed by atoms with Crippen LogP contribution in [0.4, 0.5) is 0 Å². The third-order valence-electron chi connectivity index (χ3n) is 19.4. The van der Waals surface area contributed by atoms with Crippen LogP contribution in [0.25, 0.3) is 5.73 Å². The largest absolute Gasteiger partial charge is 0.668 e. The molecule has 0 aromatic rings. The number of hydrogen-bond acceptors (Lipinski definition) is 29. The first kappa shape index (κ1) is 89.1. The predicted molar refractivity (Wildman–Crippen MR) is 345 cm³/mol. The van der Waals surface area contributed by atoms with Crippen molar-refractivity contribution in [3.63, 3.8) is 0 Å². The Hall–Kier alpha value is -0.508. The van der Waals surface area contributed by atoms with Crippen molar-refractivity contribution < 1.29 is 187 Å². The molecule has 6 aliphatic heterocycles. The number of carbonyl (C=O) groups excluding carboxylic acids is 1. The molecule has 6 rings (SSSR count). The molecule has 0 aromatic carbocycles. The van der Waals surface area contributed by atoms with Gasteiger partial charge < -0.3 is 150 Å². The Morgan fingerprint density at radius 3 is 1.56 bits per heavy atom. The van der Waals surface area contributed by atoms with Crippen molar-refractivity contribution in [2.45, 2.75) is 372 Å². The topological polar surface area (TPSA) is 487 Å². The van der Waals surface area contributed by atoms with Crippen LogP contribution in [-0.4, -0.2) is 305 Å². The molecule has 6 fully saturated rings. The number of amides is 1. The number of ether oxygens (including phenoxy) is 12. The summed E-state index contributed by atoms with van der Waals surface area (Å²) in [5.74, 6) is -0.271. The van der Waals surface area contributed by atoms with E-state index in [1.165, 1.54) is 96.8 Å². The Bertz CT molecular complexity index is 2180. The smallest absolute Gasteiger partial charge is 0.220 e. The van der Waals surface area contributed by atoms with Gasteiger partial charge in [0.05, 0.1) is 75.7 Å². The van der Waals surface area contributed by atoms with Crippen LogP contribution in [0.2, 0.25) is 0 Å². The van der Waals surface area contributed by atoms with E-state index in [1.807, 2.05) is 6.08 Å². The average Bonchev–Trinajstić information content (AvgIpc) is 0.781. The van der Waals surface area contributed by atoms with Crippen LogP contribution >= 0.6 is 0 Å². The number of carbonyl (C=O) groups is 1. The van der Waals surface area contributed by atoms with Crippen LogP contribution in [0.3, 0.4) is 0 Å². The van der Waals surface area contributed by atoms with Gasteiger partial charge in [-0.1, -0.05) is 160 Å². The van der Waals surface area contributed by atoms with E-state index in [4.69, 9.17) is 62.6 Å². The van der Waals surface area contributed by atoms with Crippen molar-refractivity contribution in [2.24, 2.45) is 0 Å². The molecule has 1 radical (unpaired) electrons. The van der Waals surface area contributed by atoms with Gasteiger partial charge in [-0.3, -0.25) is 4.79 Å². The summed E-state index contributed by atoms with van der Waals surface area (Å²) in [5.41, 5.74) is 9.15. The van der Waals surface area contributed by atoms with E-state index in [1.54, 1.807) is 6.08 Å². The second-order valence-corrected chi connectivity index (χ2v) is 27.3. The molecule has 0 saturated carbocycles. The standard InChI is InChI=1S/C67H121N2O29.Ac/c1-4-6-8-10-12-14-16-17-19-20-22-24-26-28-40(74)39(69-47(76)29-27-25-23-21-18-15-13-11-9-7-5-2)36-87-62-41(75)31-42(44(33-71)92-62)90-66-57(85)54(82)58(46(35-73)94-66)95-64-51(79)43(30-38(32-70)89-64)91-63-48(68)59(50(78)45(34-72)93-63)96-67-60(53(81)55(83)61(86)98-67)97-65-56(84)52(80)49(77)37(3)88-65;/h26,28,37-46,48-68,70-75,77-86H,4-25,27,29-36H2,1-3H3,(H,69,76);/q-1;/b28-26+;/t37?,38?,39?,40?,41?,42-,43?,44?,45?,46?,48?,49+,50+,51?,52?,53?,54?,55-,56?,57?,58+,59?,60?,61?,62-,63-,64+,65+,66-,67-;/m1./s1. The minimum Gasteiger partial charge on any atom is -0.668 e. The molecule has 1 amide bonds. The molecule has 18 N–H and O–H groups in total. The number of aliphatic hydroxyl groups excluding tert-OH is 16. The second kappa shape index (κ2) is 47.3. The monoisotopic (exact) mass is 1640 g/mol. The molecule has 0 aromatic heterocycles. The van der Waals surface area contributed by atoms with Gasteiger partial charge in [0.1, 0.15) is 97.8 Å². The van der Waals surface area contributed by atoms with E-state index in [0.29, 0.717) is 6.42 Å². The fourth-order valence-corrected chi connectivity index (χ4v) is 13.2. The van der Waals surface area contributed by atoms with Crippen molar-refractivity contribution in [1.82, 2.24) is 5.32 Å². The quantitative estimate of drug-likeness (QED) is 0.0278. The summed E-state index contributed by atoms with van der Waals surface area (Å²) in [6.45, 7) is 2.18. The van der Waals surface area contributed by atoms with E-state index in [9.17, 15) is 86.5 Å². The number of rotatable bonds is 44. The molecule has 0 aliphatic carbocycles. The van der Waals surface area contributed by atoms with Gasteiger partial charge in [-0.2, -0.15) is 0 Å². The third kappa shape index (κ3) is 27.3. The summed E-state index contributed by atoms with van der Waals surface area (Å²) in [6.07, 6.45) is -18.4. The molecule has 0 spiro atoms. The normalized spacial score (nSPS) is 39.0. The maximum atomic E-state index is 13.4. The number of hydrogen-bond donors (Lipinski definition) is 17. The molecule has 30 atom stereocenters. The summed E-state index contributed by atoms with van der Waals surface area (Å²) >= 11 is 0. The van der Waals surface area contributed by atoms with E-state index in [0.717, 1.165) is 51.4 Å². The van der Waals surface area contributed by atoms with Gasteiger partial charge in [-0.15, -0.1) is 0 Å². The predicted octanol–water partition coefficient (Wildman–Crippen LogP) is -0.169. The van der Waals surface area contributed by atoms with Gasteiger partial charge in [0.25, 0.3) is 0 Å². The number of allylic oxidation sites excluding steroid dienone is 1. The summed E-state index contributed by atoms with van der Waals surface area (Å²) in [7, 11) is 0. The zero-order valence-electron chi connectivity index (χ0n) is 57.9. The van der Waals surface area contributed by atoms with Gasteiger partial charge in [0.15, 0.2) is 37.7 Å². The molecule has 19 unspecified atom stereocenters. The fraction of sp³-hybridized carbons (Fsp3) is 0.955. The first-order valence-corrected chi connectivity index (χ1v) is 36.2. The molecule has 6 heterocycles. The van der Waals surface area contributed by atoms with E-state index in [-0.39, 0.29) is 75.8 Å². The Morgan fingerprint density at radius 1 is 0.475 bits per heavy atom. The maximum absolute atomic E-state index is 13.4. The molecular weight excluding hydrogens is 1520 g/mol. The van der Waals surface area contributed by atoms with Crippen molar-refractivity contribution in [1.29, 1.82) is 0 Å². The van der Waals surface area contributed by atoms with Crippen molar-refractivity contribution in [3.8, 4) is 0 Å². The first-order valence-electron chi connectivity index (χ1n) is 36.2. The Morgan fingerprint density at radius 2 is 0.970 bits per heavy atom. The van der Waals surface area contributed by atoms with Gasteiger partial charge in [-0.05, 0) is 26.2 Å². The third-order valence-corrected chi connectivity index (χ3v) is 19.4. The fourth-order valence-electron chi connectivity index (χ4n) is 13.2. The molecule has 6 aliphatic rings. The van der Waals surface area contributed by atoms with Crippen LogP contribution in [0.1, 0.15) is 188 Å². The Kier molecular flexibility index (Phi) is 42.6. The molecule has 31 nitrogen and oxygen atoms in total. The van der Waals surface area contributed by atoms with E-state index >= 15 is 0 Å². The van der Waals surface area contributed by atoms with E-state index < -0.39 is 211 Å². The summed E-state index contributed by atoms with van der Waals surface area (Å²) in [4.78, 5) is 13.4. The number of nitrogens with one attached hydrogen (secondary N) is 2. The minimum absolute atomic E-state index is 0. The van der Waals surface area contributed by atoms with Crippen LogP contribution in [0, 0.1) is 44.1 Å². The SMILES string of the molecule is CCCCCCCCCCCCC/C=C/C(O)C(CO[C@@H]1OC(CO)[C@H](O[C@@H]2OC(CO)[C@H](O[C@@H]3OC(CO)CC(O[C@@H]4OC(CO)[C@H](O)C(O[C@@H]5OC(O)[C@H](O)C(O)C5O[C@@H]5OC(C)[C@H](O)C(O)C5O)C4[NH-])C3O)C(O)C2O)CC1O)NC(=O)CCCCCCCCCCCCC.[Ac]. The minimum atomic E-state index is -2.16. The van der Waals surface area contributed by atoms with Crippen molar-refractivity contribution in [2.75, 3.05) is 33.0 Å². The molecule has 99 heavy (non-hydrogen) atoms. The average molecular weight is 1650 g/mol. The van der Waals surface area contributed by atoms with E-state index in [2.05, 4.69) is 19.2 Å². The zero-order valence-corrected chi connectivity index (χ0v) is 62.7. The van der Waals surface area contributed by atoms with Gasteiger partial charge in [-0.25, -0.2) is 0 Å². The van der Waals surface area contributed by atoms with Crippen molar-refractivity contribution >= 4 is 5.91 Å². The van der Waals surface area contributed by atoms with Crippen molar-refractivity contribution in [3.05, 3.63) is 17.9 Å². The molecule has 577 valence electrons. The summed E-state index contributed by atoms with van der Waals surface area (Å²) in [6, 6.07) is -2.82. The van der Waals surface area contributed by atoms with Gasteiger partial charge in [0, 0.05) is 63.3 Å².